The van der Waals surface area contributed by atoms with Gasteiger partial charge in [0.2, 0.25) is 5.43 Å². The molecule has 23 heavy (non-hydrogen) atoms. The standard InChI is InChI=1S/C18H22N2O3/c1-10-11(2)15(20-7-5-6-8-20)12(3)16-14(10)17(21)13(18(22)23)9-19(16)4/h9H,5-8H2,1-4H3,(H,22,23). The van der Waals surface area contributed by atoms with E-state index in [-0.39, 0.29) is 11.0 Å². The van der Waals surface area contributed by atoms with Gasteiger partial charge in [0.1, 0.15) is 5.56 Å². The molecule has 1 aliphatic heterocycles. The summed E-state index contributed by atoms with van der Waals surface area (Å²) in [6.07, 6.45) is 3.81. The van der Waals surface area contributed by atoms with Crippen LogP contribution in [0.3, 0.4) is 0 Å². The van der Waals surface area contributed by atoms with Crippen molar-refractivity contribution in [3.05, 3.63) is 38.7 Å². The summed E-state index contributed by atoms with van der Waals surface area (Å²) in [7, 11) is 1.81. The second-order valence-corrected chi connectivity index (χ2v) is 6.43. The highest BCUT2D eigenvalue weighted by Crippen LogP contribution is 2.35. The number of nitrogens with zero attached hydrogens (tertiary/aromatic N) is 2. The molecule has 5 nitrogen and oxygen atoms in total. The average molecular weight is 314 g/mol. The van der Waals surface area contributed by atoms with Crippen LogP contribution in [0.25, 0.3) is 10.9 Å². The van der Waals surface area contributed by atoms with Crippen LogP contribution in [0.5, 0.6) is 0 Å². The normalized spacial score (nSPS) is 14.7. The molecule has 0 bridgehead atoms. The first kappa shape index (κ1) is 15.6. The molecule has 0 atom stereocenters. The zero-order chi connectivity index (χ0) is 16.9. The van der Waals surface area contributed by atoms with Crippen LogP contribution in [0.4, 0.5) is 5.69 Å². The van der Waals surface area contributed by atoms with E-state index in [1.807, 2.05) is 27.8 Å². The van der Waals surface area contributed by atoms with E-state index < -0.39 is 5.97 Å². The highest BCUT2D eigenvalue weighted by molar-refractivity contribution is 5.97. The van der Waals surface area contributed by atoms with Crippen LogP contribution in [-0.4, -0.2) is 28.7 Å². The number of pyridine rings is 1. The van der Waals surface area contributed by atoms with Gasteiger partial charge in [0.05, 0.1) is 10.9 Å². The number of aryl methyl sites for hydroxylation is 3. The number of hydrogen-bond donors (Lipinski definition) is 1. The summed E-state index contributed by atoms with van der Waals surface area (Å²) in [5, 5.41) is 9.82. The lowest BCUT2D eigenvalue weighted by molar-refractivity contribution is 0.0695. The Morgan fingerprint density at radius 3 is 2.26 bits per heavy atom. The molecule has 1 aliphatic rings. The Balaban J connectivity index is 2.45. The molecule has 0 radical (unpaired) electrons. The first-order valence-corrected chi connectivity index (χ1v) is 7.96. The van der Waals surface area contributed by atoms with Crippen LogP contribution in [0.15, 0.2) is 11.0 Å². The number of benzene rings is 1. The van der Waals surface area contributed by atoms with Crippen LogP contribution in [0.2, 0.25) is 0 Å². The summed E-state index contributed by atoms with van der Waals surface area (Å²) >= 11 is 0. The van der Waals surface area contributed by atoms with E-state index in [4.69, 9.17) is 0 Å². The SMILES string of the molecule is Cc1c(N2CCCC2)c(C)c2c(c1C)c(=O)c(C(=O)O)cn2C. The van der Waals surface area contributed by atoms with E-state index in [1.54, 1.807) is 4.57 Å². The Hall–Kier alpha value is -2.30. The van der Waals surface area contributed by atoms with Gasteiger partial charge in [-0.1, -0.05) is 0 Å². The fourth-order valence-corrected chi connectivity index (χ4v) is 3.86. The van der Waals surface area contributed by atoms with Crippen molar-refractivity contribution >= 4 is 22.6 Å². The van der Waals surface area contributed by atoms with Gasteiger partial charge in [-0.05, 0) is 50.3 Å². The van der Waals surface area contributed by atoms with Crippen molar-refractivity contribution in [2.75, 3.05) is 18.0 Å². The fourth-order valence-electron chi connectivity index (χ4n) is 3.86. The van der Waals surface area contributed by atoms with Crippen LogP contribution < -0.4 is 10.3 Å². The topological polar surface area (TPSA) is 62.5 Å². The first-order valence-electron chi connectivity index (χ1n) is 7.96. The zero-order valence-corrected chi connectivity index (χ0v) is 14.1. The van der Waals surface area contributed by atoms with Crippen LogP contribution in [0.1, 0.15) is 39.9 Å². The van der Waals surface area contributed by atoms with Crippen molar-refractivity contribution in [3.8, 4) is 0 Å². The number of rotatable bonds is 2. The van der Waals surface area contributed by atoms with Crippen molar-refractivity contribution in [2.45, 2.75) is 33.6 Å². The Morgan fingerprint density at radius 1 is 1.09 bits per heavy atom. The molecule has 0 aliphatic carbocycles. The quantitative estimate of drug-likeness (QED) is 0.926. The van der Waals surface area contributed by atoms with Gasteiger partial charge in [-0.25, -0.2) is 4.79 Å². The van der Waals surface area contributed by atoms with Crippen molar-refractivity contribution < 1.29 is 9.90 Å². The number of fused-ring (bicyclic) bond motifs is 1. The minimum Gasteiger partial charge on any atom is -0.477 e. The van der Waals surface area contributed by atoms with Gasteiger partial charge in [-0.2, -0.15) is 0 Å². The molecule has 0 unspecified atom stereocenters. The van der Waals surface area contributed by atoms with Crippen LogP contribution in [-0.2, 0) is 7.05 Å². The number of carbonyl (C=O) groups is 1. The number of anilines is 1. The molecule has 2 heterocycles. The molecule has 1 saturated heterocycles. The molecular formula is C18H22N2O3. The molecule has 1 fully saturated rings. The summed E-state index contributed by atoms with van der Waals surface area (Å²) < 4.78 is 1.78. The van der Waals surface area contributed by atoms with Gasteiger partial charge in [0.25, 0.3) is 0 Å². The Morgan fingerprint density at radius 2 is 1.70 bits per heavy atom. The maximum absolute atomic E-state index is 12.7. The number of hydrogen-bond acceptors (Lipinski definition) is 3. The zero-order valence-electron chi connectivity index (χ0n) is 14.1. The van der Waals surface area contributed by atoms with E-state index in [1.165, 1.54) is 24.7 Å². The van der Waals surface area contributed by atoms with Crippen molar-refractivity contribution in [1.29, 1.82) is 0 Å². The number of carboxylic acid groups (broad SMARTS) is 1. The van der Waals surface area contributed by atoms with Crippen molar-refractivity contribution in [1.82, 2.24) is 4.57 Å². The number of aromatic nitrogens is 1. The second kappa shape index (κ2) is 5.41. The van der Waals surface area contributed by atoms with E-state index >= 15 is 0 Å². The third kappa shape index (κ3) is 2.22. The highest BCUT2D eigenvalue weighted by atomic mass is 16.4. The van der Waals surface area contributed by atoms with Crippen molar-refractivity contribution in [3.63, 3.8) is 0 Å². The Kier molecular flexibility index (Phi) is 3.66. The van der Waals surface area contributed by atoms with Gasteiger partial charge in [-0.15, -0.1) is 0 Å². The minimum absolute atomic E-state index is 0.171. The molecule has 1 N–H and O–H groups in total. The van der Waals surface area contributed by atoms with E-state index in [0.717, 1.165) is 35.3 Å². The molecule has 0 saturated carbocycles. The second-order valence-electron chi connectivity index (χ2n) is 6.43. The Bertz CT molecular complexity index is 874. The number of carboxylic acids is 1. The van der Waals surface area contributed by atoms with Crippen LogP contribution in [0, 0.1) is 20.8 Å². The lowest BCUT2D eigenvalue weighted by Gasteiger charge is -2.26. The molecule has 0 spiro atoms. The largest absolute Gasteiger partial charge is 0.477 e. The smallest absolute Gasteiger partial charge is 0.341 e. The predicted octanol–water partition coefficient (Wildman–Crippen LogP) is 2.76. The summed E-state index contributed by atoms with van der Waals surface area (Å²) in [4.78, 5) is 26.4. The van der Waals surface area contributed by atoms with Gasteiger partial charge < -0.3 is 14.6 Å². The third-order valence-corrected chi connectivity index (χ3v) is 5.04. The molecule has 5 heteroatoms. The lowest BCUT2D eigenvalue weighted by atomic mass is 9.95. The molecular weight excluding hydrogens is 292 g/mol. The van der Waals surface area contributed by atoms with E-state index in [9.17, 15) is 14.7 Å². The minimum atomic E-state index is -1.18. The van der Waals surface area contributed by atoms with Crippen LogP contribution >= 0.6 is 0 Å². The van der Waals surface area contributed by atoms with E-state index in [0.29, 0.717) is 5.39 Å². The fraction of sp³-hybridized carbons (Fsp3) is 0.444. The van der Waals surface area contributed by atoms with Gasteiger partial charge >= 0.3 is 5.97 Å². The summed E-state index contributed by atoms with van der Waals surface area (Å²) in [5.41, 5.74) is 4.50. The van der Waals surface area contributed by atoms with Gasteiger partial charge in [-0.3, -0.25) is 4.79 Å². The lowest BCUT2D eigenvalue weighted by Crippen LogP contribution is -2.24. The van der Waals surface area contributed by atoms with Gasteiger partial charge in [0, 0.05) is 32.0 Å². The van der Waals surface area contributed by atoms with E-state index in [2.05, 4.69) is 4.90 Å². The summed E-state index contributed by atoms with van der Waals surface area (Å²) in [5.74, 6) is -1.18. The molecule has 1 aromatic heterocycles. The summed E-state index contributed by atoms with van der Waals surface area (Å²) in [6, 6.07) is 0. The predicted molar refractivity (Wildman–Crippen MR) is 91.8 cm³/mol. The average Bonchev–Trinajstić information content (AvgIpc) is 3.00. The first-order chi connectivity index (χ1) is 10.8. The number of aromatic carboxylic acids is 1. The maximum Gasteiger partial charge on any atom is 0.341 e. The third-order valence-electron chi connectivity index (χ3n) is 5.04. The molecule has 2 aromatic rings. The monoisotopic (exact) mass is 314 g/mol. The highest BCUT2D eigenvalue weighted by Gasteiger charge is 2.24. The summed E-state index contributed by atoms with van der Waals surface area (Å²) in [6.45, 7) is 8.05. The van der Waals surface area contributed by atoms with Crippen molar-refractivity contribution in [2.24, 2.45) is 7.05 Å². The Labute approximate surface area is 135 Å². The molecule has 122 valence electrons. The maximum atomic E-state index is 12.7. The molecule has 3 rings (SSSR count). The molecule has 1 aromatic carbocycles. The molecule has 0 amide bonds. The van der Waals surface area contributed by atoms with Gasteiger partial charge in [0.15, 0.2) is 0 Å².